The van der Waals surface area contributed by atoms with Crippen molar-refractivity contribution in [3.05, 3.63) is 132 Å². The van der Waals surface area contributed by atoms with Crippen LogP contribution in [0.25, 0.3) is 0 Å². The molecule has 0 aliphatic rings. The summed E-state index contributed by atoms with van der Waals surface area (Å²) < 4.78 is 14.7. The van der Waals surface area contributed by atoms with Gasteiger partial charge in [0.15, 0.2) is 18.3 Å². The molecule has 8 aromatic heterocycles. The second-order valence-corrected chi connectivity index (χ2v) is 21.2. The van der Waals surface area contributed by atoms with Gasteiger partial charge in [-0.15, -0.1) is 0 Å². The van der Waals surface area contributed by atoms with Gasteiger partial charge in [0, 0.05) is 150 Å². The van der Waals surface area contributed by atoms with Crippen molar-refractivity contribution >= 4 is 57.8 Å². The normalized spacial score (nSPS) is 12.9. The lowest BCUT2D eigenvalue weighted by molar-refractivity contribution is -0.121. The molecule has 0 saturated carbocycles. The summed E-state index contributed by atoms with van der Waals surface area (Å²) in [6.45, 7) is 4.43. The average molecular weight is 1170 g/mol. The van der Waals surface area contributed by atoms with Crippen LogP contribution in [0, 0.1) is 0 Å². The molecule has 16 N–H and O–H groups in total. The van der Waals surface area contributed by atoms with Gasteiger partial charge in [-0.3, -0.25) is 19.7 Å². The summed E-state index contributed by atoms with van der Waals surface area (Å²) in [5, 5.41) is 67.5. The van der Waals surface area contributed by atoms with Crippen LogP contribution in [-0.2, 0) is 92.1 Å². The highest BCUT2D eigenvalue weighted by Crippen LogP contribution is 2.28. The number of amides is 3. The molecule has 3 amide bonds. The Bertz CT molecular complexity index is 3500. The number of nitrogens with one attached hydrogen (secondary N) is 11. The second kappa shape index (κ2) is 28.6. The van der Waals surface area contributed by atoms with Crippen molar-refractivity contribution in [1.29, 1.82) is 0 Å². The molecule has 0 aliphatic carbocycles. The van der Waals surface area contributed by atoms with Crippen LogP contribution in [0.15, 0.2) is 86.1 Å². The monoisotopic (exact) mass is 1170 g/mol. The van der Waals surface area contributed by atoms with E-state index in [-0.39, 0.29) is 30.5 Å². The Labute approximate surface area is 493 Å². The van der Waals surface area contributed by atoms with E-state index in [1.54, 1.807) is 84.9 Å². The Morgan fingerprint density at radius 1 is 0.553 bits per heavy atom. The van der Waals surface area contributed by atoms with Gasteiger partial charge in [-0.2, -0.15) is 0 Å². The van der Waals surface area contributed by atoms with Gasteiger partial charge in [-0.1, -0.05) is 0 Å². The molecule has 85 heavy (non-hydrogen) atoms. The number of nitrogens with zero attached hydrogens (tertiary/aromatic N) is 11. The Morgan fingerprint density at radius 2 is 1.13 bits per heavy atom. The van der Waals surface area contributed by atoms with Gasteiger partial charge >= 0.3 is 0 Å². The number of aliphatic hydroxyl groups excluding tert-OH is 3. The van der Waals surface area contributed by atoms with Gasteiger partial charge < -0.3 is 111 Å². The van der Waals surface area contributed by atoms with E-state index in [1.807, 2.05) is 67.5 Å². The summed E-state index contributed by atoms with van der Waals surface area (Å²) in [7, 11) is 16.7. The minimum atomic E-state index is -1.22. The van der Waals surface area contributed by atoms with E-state index in [0.29, 0.717) is 79.8 Å². The van der Waals surface area contributed by atoms with Crippen LogP contribution in [0.1, 0.15) is 88.7 Å². The lowest BCUT2D eigenvalue weighted by Gasteiger charge is -2.14. The van der Waals surface area contributed by atoms with Gasteiger partial charge in [0.05, 0.1) is 71.2 Å². The molecule has 458 valence electrons. The Hall–Kier alpha value is -8.84. The molecule has 0 radical (unpaired) electrons. The van der Waals surface area contributed by atoms with Crippen LogP contribution in [0.4, 0.5) is 40.1 Å². The highest BCUT2D eigenvalue weighted by atomic mass is 16.3. The van der Waals surface area contributed by atoms with Crippen LogP contribution in [0.3, 0.4) is 0 Å². The second-order valence-electron chi connectivity index (χ2n) is 21.2. The number of carbonyl (C=O) groups is 3. The lowest BCUT2D eigenvalue weighted by atomic mass is 10.2. The number of aromatic nitrogens is 11. The number of aliphatic hydroxyl groups is 3. The van der Waals surface area contributed by atoms with Crippen molar-refractivity contribution in [3.8, 4) is 0 Å². The number of imidazole rings is 3. The molecule has 0 fully saturated rings. The van der Waals surface area contributed by atoms with Gasteiger partial charge in [0.2, 0.25) is 17.6 Å². The van der Waals surface area contributed by atoms with Crippen molar-refractivity contribution in [2.24, 2.45) is 62.1 Å². The summed E-state index contributed by atoms with van der Waals surface area (Å²) in [4.78, 5) is 52.3. The molecule has 4 atom stereocenters. The first kappa shape index (κ1) is 62.2. The summed E-state index contributed by atoms with van der Waals surface area (Å²) in [5.74, 6) is 1.71. The summed E-state index contributed by atoms with van der Waals surface area (Å²) in [5.41, 5.74) is 13.3. The molecule has 0 aliphatic heterocycles. The number of hydrogen-bond donors (Lipinski definition) is 15. The largest absolute Gasteiger partial charge is 0.377 e. The first-order chi connectivity index (χ1) is 40.7. The first-order valence-electron chi connectivity index (χ1n) is 28.0. The van der Waals surface area contributed by atoms with Crippen molar-refractivity contribution in [2.45, 2.75) is 70.2 Å². The third-order valence-electron chi connectivity index (χ3n) is 14.5. The number of rotatable bonds is 33. The summed E-state index contributed by atoms with van der Waals surface area (Å²) in [6, 6.07) is 8.33. The molecule has 0 aromatic carbocycles. The Kier molecular flexibility index (Phi) is 21.0. The quantitative estimate of drug-likeness (QED) is 0.0207. The fourth-order valence-electron chi connectivity index (χ4n) is 9.64. The van der Waals surface area contributed by atoms with Crippen molar-refractivity contribution in [1.82, 2.24) is 72.8 Å². The number of nitrogens with two attached hydrogens (primary N) is 1. The minimum Gasteiger partial charge on any atom is -0.377 e. The van der Waals surface area contributed by atoms with Crippen LogP contribution < -0.4 is 64.2 Å². The van der Waals surface area contributed by atoms with Crippen LogP contribution >= 0.6 is 0 Å². The van der Waals surface area contributed by atoms with Crippen LogP contribution in [0.2, 0.25) is 0 Å². The third kappa shape index (κ3) is 16.7. The first-order valence-corrected chi connectivity index (χ1v) is 28.0. The van der Waals surface area contributed by atoms with E-state index in [2.05, 4.69) is 91.3 Å². The van der Waals surface area contributed by atoms with E-state index in [9.17, 15) is 29.7 Å². The molecule has 29 nitrogen and oxygen atoms in total. The number of aryl methyl sites for hydroxylation is 8. The lowest BCUT2D eigenvalue weighted by Crippen LogP contribution is -2.38. The van der Waals surface area contributed by atoms with E-state index in [0.717, 1.165) is 53.2 Å². The average Bonchev–Trinajstić information content (AvgIpc) is 3.69. The Balaban J connectivity index is 0.735. The highest BCUT2D eigenvalue weighted by molar-refractivity contribution is 6.02. The zero-order valence-electron chi connectivity index (χ0n) is 49.7. The number of hydrogen-bond acceptors (Lipinski definition) is 18. The molecule has 0 spiro atoms. The Morgan fingerprint density at radius 3 is 1.75 bits per heavy atom. The van der Waals surface area contributed by atoms with Gasteiger partial charge in [0.1, 0.15) is 23.7 Å². The number of carbonyl (C=O) groups excluding carboxylic acids is 3. The zero-order chi connectivity index (χ0) is 60.9. The smallest absolute Gasteiger partial charge is 0.291 e. The van der Waals surface area contributed by atoms with E-state index >= 15 is 0 Å². The highest BCUT2D eigenvalue weighted by Gasteiger charge is 2.23. The zero-order valence-corrected chi connectivity index (χ0v) is 49.7. The maximum absolute atomic E-state index is 13.5. The maximum Gasteiger partial charge on any atom is 0.291 e. The topological polar surface area (TPSA) is 348 Å². The van der Waals surface area contributed by atoms with Crippen LogP contribution in [0.5, 0.6) is 0 Å². The molecule has 8 aromatic rings. The molecule has 0 saturated heterocycles. The molecule has 8 heterocycles. The molecule has 8 rings (SSSR count). The van der Waals surface area contributed by atoms with E-state index in [1.165, 1.54) is 10.8 Å². The van der Waals surface area contributed by atoms with E-state index in [4.69, 9.17) is 10.7 Å². The summed E-state index contributed by atoms with van der Waals surface area (Å²) >= 11 is 0. The van der Waals surface area contributed by atoms with Crippen molar-refractivity contribution in [3.63, 3.8) is 0 Å². The molecule has 0 bridgehead atoms. The minimum absolute atomic E-state index is 0.0308. The molecule has 29 heteroatoms. The van der Waals surface area contributed by atoms with E-state index < -0.39 is 36.5 Å². The van der Waals surface area contributed by atoms with Gasteiger partial charge in [0.25, 0.3) is 5.91 Å². The van der Waals surface area contributed by atoms with Crippen molar-refractivity contribution < 1.29 is 29.7 Å². The molecular weight excluding hydrogens is 1090 g/mol. The van der Waals surface area contributed by atoms with Gasteiger partial charge in [-0.25, -0.2) is 15.0 Å². The number of anilines is 7. The fraction of sp³-hybridized carbons (Fsp3) is 0.429. The standard InChI is InChI=1S/C56H83N23O6/c1-58-13-10-14-61-50(80)12-16-62-53(82)43-21-37(30-75(43)5)66-54(83)44-22-38(31-76(44)6)67-55(84)45-23-39(32-77(45)7)68-56(85)51-70-47(34-79(51)9)71-52(81)42(57)11-15-59-24-40-19-35(28-73(40)3)64-27-49-69-46(33-78(49)8)65-25-41-20-36(29-74(41)4)63-26-48-60-17-18-72(48)2/h17-23,28-34,42,53-55,58-59,62-67,82-84H,10-16,24-27,57H2,1-9H3,(H,61,80)(H,68,85)(H,71,81). The molecule has 4 unspecified atom stereocenters. The predicted molar refractivity (Wildman–Crippen MR) is 326 cm³/mol. The predicted octanol–water partition coefficient (Wildman–Crippen LogP) is 2.02. The molecular formula is C56H83N23O6. The van der Waals surface area contributed by atoms with Crippen molar-refractivity contribution in [2.75, 3.05) is 70.4 Å². The maximum atomic E-state index is 13.5. The third-order valence-corrected chi connectivity index (χ3v) is 14.5. The summed E-state index contributed by atoms with van der Waals surface area (Å²) in [6.07, 6.45) is 14.3. The fourth-order valence-corrected chi connectivity index (χ4v) is 9.64. The van der Waals surface area contributed by atoms with Gasteiger partial charge in [-0.05, 0) is 63.3 Å². The SMILES string of the molecule is CNCCCNC(=O)CCNC(O)c1cc(NC(O)c2cc(NC(O)c3cc(NC(=O)c4nc(NC(=O)C(N)CCNCc5cc(NCc6nc(NCc7cc(NCc8nccn8C)cn7C)cn6C)cn5C)cn4C)cn3C)cn2C)cn1C. The van der Waals surface area contributed by atoms with Crippen LogP contribution in [-0.4, -0.2) is 124 Å².